The van der Waals surface area contributed by atoms with E-state index in [-0.39, 0.29) is 0 Å². The van der Waals surface area contributed by atoms with Gasteiger partial charge in [-0.1, -0.05) is 26.7 Å². The molecular formula is C19H35NO. The molecule has 1 heterocycles. The maximum absolute atomic E-state index is 6.17. The van der Waals surface area contributed by atoms with Crippen LogP contribution in [0, 0.1) is 17.8 Å². The van der Waals surface area contributed by atoms with Crippen molar-refractivity contribution >= 4 is 0 Å². The summed E-state index contributed by atoms with van der Waals surface area (Å²) >= 11 is 0. The zero-order chi connectivity index (χ0) is 14.7. The molecule has 2 aliphatic carbocycles. The van der Waals surface area contributed by atoms with Crippen molar-refractivity contribution < 1.29 is 4.74 Å². The molecule has 1 N–H and O–H groups in total. The molecule has 0 aromatic rings. The van der Waals surface area contributed by atoms with Crippen LogP contribution in [0.4, 0.5) is 0 Å². The van der Waals surface area contributed by atoms with Gasteiger partial charge >= 0.3 is 0 Å². The Kier molecular flexibility index (Phi) is 5.27. The lowest BCUT2D eigenvalue weighted by Crippen LogP contribution is -2.52. The second kappa shape index (κ2) is 7.00. The molecule has 2 heteroatoms. The summed E-state index contributed by atoms with van der Waals surface area (Å²) in [5.74, 6) is 2.72. The summed E-state index contributed by atoms with van der Waals surface area (Å²) < 4.78 is 6.17. The minimum atomic E-state index is 0.301. The maximum Gasteiger partial charge on any atom is 0.0685 e. The Hall–Kier alpha value is -0.0800. The normalized spacial score (nSPS) is 37.1. The predicted octanol–water partition coefficient (Wildman–Crippen LogP) is 4.53. The zero-order valence-corrected chi connectivity index (χ0v) is 14.2. The van der Waals surface area contributed by atoms with Crippen molar-refractivity contribution in [3.8, 4) is 0 Å². The van der Waals surface area contributed by atoms with Crippen LogP contribution in [0.15, 0.2) is 0 Å². The van der Waals surface area contributed by atoms with E-state index < -0.39 is 0 Å². The Bertz CT molecular complexity index is 326. The molecule has 3 aliphatic rings. The predicted molar refractivity (Wildman–Crippen MR) is 88.5 cm³/mol. The number of hydrogen-bond donors (Lipinski definition) is 1. The summed E-state index contributed by atoms with van der Waals surface area (Å²) in [6.45, 7) is 6.96. The van der Waals surface area contributed by atoms with Crippen LogP contribution in [-0.2, 0) is 4.74 Å². The molecule has 122 valence electrons. The van der Waals surface area contributed by atoms with Crippen molar-refractivity contribution in [1.82, 2.24) is 5.32 Å². The van der Waals surface area contributed by atoms with Crippen molar-refractivity contribution in [2.45, 2.75) is 89.7 Å². The summed E-state index contributed by atoms with van der Waals surface area (Å²) in [7, 11) is 0. The van der Waals surface area contributed by atoms with Crippen LogP contribution < -0.4 is 5.32 Å². The summed E-state index contributed by atoms with van der Waals surface area (Å²) in [6.07, 6.45) is 13.7. The molecule has 1 saturated heterocycles. The molecule has 3 rings (SSSR count). The van der Waals surface area contributed by atoms with E-state index in [1.807, 2.05) is 0 Å². The Labute approximate surface area is 131 Å². The van der Waals surface area contributed by atoms with Crippen molar-refractivity contribution in [3.63, 3.8) is 0 Å². The molecular weight excluding hydrogens is 258 g/mol. The van der Waals surface area contributed by atoms with E-state index in [9.17, 15) is 0 Å². The Morgan fingerprint density at radius 1 is 1.14 bits per heavy atom. The summed E-state index contributed by atoms with van der Waals surface area (Å²) in [6, 6.07) is 0.758. The SMILES string of the molecule is CCCNC(C1CCCC(C)C1)C1CCOC2(CCC2)C1. The first-order valence-corrected chi connectivity index (χ1v) is 9.60. The van der Waals surface area contributed by atoms with Crippen LogP contribution in [-0.4, -0.2) is 24.8 Å². The molecule has 4 atom stereocenters. The van der Waals surface area contributed by atoms with Gasteiger partial charge in [0.2, 0.25) is 0 Å². The molecule has 21 heavy (non-hydrogen) atoms. The van der Waals surface area contributed by atoms with Gasteiger partial charge in [0, 0.05) is 12.6 Å². The molecule has 0 bridgehead atoms. The van der Waals surface area contributed by atoms with Crippen molar-refractivity contribution in [2.24, 2.45) is 17.8 Å². The second-order valence-corrected chi connectivity index (χ2v) is 8.15. The fourth-order valence-electron chi connectivity index (χ4n) is 5.13. The van der Waals surface area contributed by atoms with E-state index in [1.54, 1.807) is 0 Å². The molecule has 0 aromatic heterocycles. The lowest BCUT2D eigenvalue weighted by atomic mass is 9.66. The van der Waals surface area contributed by atoms with E-state index in [2.05, 4.69) is 19.2 Å². The van der Waals surface area contributed by atoms with Gasteiger partial charge in [0.05, 0.1) is 5.60 Å². The molecule has 1 aliphatic heterocycles. The molecule has 4 unspecified atom stereocenters. The lowest BCUT2D eigenvalue weighted by molar-refractivity contribution is -0.149. The summed E-state index contributed by atoms with van der Waals surface area (Å²) in [5, 5.41) is 3.96. The summed E-state index contributed by atoms with van der Waals surface area (Å²) in [5.41, 5.74) is 0.301. The van der Waals surface area contributed by atoms with Crippen LogP contribution in [0.2, 0.25) is 0 Å². The van der Waals surface area contributed by atoms with E-state index in [0.717, 1.165) is 30.4 Å². The number of ether oxygens (including phenoxy) is 1. The zero-order valence-electron chi connectivity index (χ0n) is 14.2. The highest BCUT2D eigenvalue weighted by Gasteiger charge is 2.45. The Balaban J connectivity index is 1.65. The van der Waals surface area contributed by atoms with Crippen LogP contribution in [0.25, 0.3) is 0 Å². The average Bonchev–Trinajstić information content (AvgIpc) is 2.46. The fourth-order valence-corrected chi connectivity index (χ4v) is 5.13. The molecule has 0 aromatic carbocycles. The van der Waals surface area contributed by atoms with Gasteiger partial charge in [-0.15, -0.1) is 0 Å². The van der Waals surface area contributed by atoms with Gasteiger partial charge < -0.3 is 10.1 Å². The quantitative estimate of drug-likeness (QED) is 0.804. The molecule has 3 fully saturated rings. The monoisotopic (exact) mass is 293 g/mol. The standard InChI is InChI=1S/C19H35NO/c1-3-11-20-18(16-7-4-6-15(2)13-16)17-8-12-21-19(14-17)9-5-10-19/h15-18,20H,3-14H2,1-2H3. The molecule has 1 spiro atoms. The molecule has 2 nitrogen and oxygen atoms in total. The van der Waals surface area contributed by atoms with Crippen molar-refractivity contribution in [3.05, 3.63) is 0 Å². The van der Waals surface area contributed by atoms with Gasteiger partial charge in [0.25, 0.3) is 0 Å². The number of hydrogen-bond acceptors (Lipinski definition) is 2. The highest BCUT2D eigenvalue weighted by Crippen LogP contribution is 2.46. The van der Waals surface area contributed by atoms with Gasteiger partial charge in [0.15, 0.2) is 0 Å². The smallest absolute Gasteiger partial charge is 0.0685 e. The first-order chi connectivity index (χ1) is 10.2. The third kappa shape index (κ3) is 3.64. The number of nitrogens with one attached hydrogen (secondary N) is 1. The molecule has 0 amide bonds. The second-order valence-electron chi connectivity index (χ2n) is 8.15. The van der Waals surface area contributed by atoms with E-state index in [1.165, 1.54) is 70.8 Å². The highest BCUT2D eigenvalue weighted by molar-refractivity contribution is 4.98. The van der Waals surface area contributed by atoms with Crippen LogP contribution in [0.3, 0.4) is 0 Å². The first kappa shape index (κ1) is 15.8. The lowest BCUT2D eigenvalue weighted by Gasteiger charge is -2.50. The average molecular weight is 293 g/mol. The Morgan fingerprint density at radius 3 is 2.67 bits per heavy atom. The van der Waals surface area contributed by atoms with Gasteiger partial charge in [-0.2, -0.15) is 0 Å². The van der Waals surface area contributed by atoms with E-state index in [0.29, 0.717) is 5.60 Å². The maximum atomic E-state index is 6.17. The minimum Gasteiger partial charge on any atom is -0.375 e. The van der Waals surface area contributed by atoms with Crippen LogP contribution >= 0.6 is 0 Å². The molecule has 2 saturated carbocycles. The van der Waals surface area contributed by atoms with Crippen LogP contribution in [0.1, 0.15) is 78.1 Å². The van der Waals surface area contributed by atoms with Gasteiger partial charge in [0.1, 0.15) is 0 Å². The summed E-state index contributed by atoms with van der Waals surface area (Å²) in [4.78, 5) is 0. The first-order valence-electron chi connectivity index (χ1n) is 9.60. The van der Waals surface area contributed by atoms with Gasteiger partial charge in [-0.3, -0.25) is 0 Å². The molecule has 0 radical (unpaired) electrons. The third-order valence-electron chi connectivity index (χ3n) is 6.42. The largest absolute Gasteiger partial charge is 0.375 e. The number of rotatable bonds is 5. The topological polar surface area (TPSA) is 21.3 Å². The van der Waals surface area contributed by atoms with Crippen LogP contribution in [0.5, 0.6) is 0 Å². The van der Waals surface area contributed by atoms with Gasteiger partial charge in [-0.25, -0.2) is 0 Å². The van der Waals surface area contributed by atoms with E-state index >= 15 is 0 Å². The van der Waals surface area contributed by atoms with Gasteiger partial charge in [-0.05, 0) is 75.7 Å². The highest BCUT2D eigenvalue weighted by atomic mass is 16.5. The third-order valence-corrected chi connectivity index (χ3v) is 6.42. The van der Waals surface area contributed by atoms with Crippen molar-refractivity contribution in [1.29, 1.82) is 0 Å². The Morgan fingerprint density at radius 2 is 2.00 bits per heavy atom. The fraction of sp³-hybridized carbons (Fsp3) is 1.00. The minimum absolute atomic E-state index is 0.301. The van der Waals surface area contributed by atoms with Crippen molar-refractivity contribution in [2.75, 3.05) is 13.2 Å². The van der Waals surface area contributed by atoms with E-state index in [4.69, 9.17) is 4.74 Å².